The number of benzene rings is 1. The second-order valence-electron chi connectivity index (χ2n) is 7.46. The molecule has 1 aromatic rings. The van der Waals surface area contributed by atoms with Gasteiger partial charge < -0.3 is 14.7 Å². The van der Waals surface area contributed by atoms with Gasteiger partial charge in [-0.25, -0.2) is 0 Å². The lowest BCUT2D eigenvalue weighted by atomic mass is 9.83. The first-order valence-corrected chi connectivity index (χ1v) is 8.62. The van der Waals surface area contributed by atoms with Crippen molar-refractivity contribution >= 4 is 5.91 Å². The maximum atomic E-state index is 13.8. The predicted molar refractivity (Wildman–Crippen MR) is 85.4 cm³/mol. The zero-order chi connectivity index (χ0) is 20.2. The molecule has 1 N–H and O–H groups in total. The van der Waals surface area contributed by atoms with Crippen LogP contribution in [0.15, 0.2) is 18.2 Å². The number of fused-ring (bicyclic) bond motifs is 1. The van der Waals surface area contributed by atoms with E-state index in [2.05, 4.69) is 0 Å². The quantitative estimate of drug-likeness (QED) is 0.775. The number of likely N-dealkylation sites (tertiary alicyclic amines) is 1. The Morgan fingerprint density at radius 2 is 1.85 bits per heavy atom. The number of alkyl halides is 5. The first-order chi connectivity index (χ1) is 12.4. The molecule has 1 aromatic carbocycles. The van der Waals surface area contributed by atoms with Gasteiger partial charge in [0.05, 0.1) is 6.04 Å². The number of aliphatic hydroxyl groups is 1. The molecular formula is C18H20F5NO3. The van der Waals surface area contributed by atoms with Crippen molar-refractivity contribution in [3.63, 3.8) is 0 Å². The number of carbonyl (C=O) groups is 1. The number of nitrogens with zero attached hydrogens (tertiary/aromatic N) is 1. The summed E-state index contributed by atoms with van der Waals surface area (Å²) in [5.74, 6) is -5.26. The van der Waals surface area contributed by atoms with Gasteiger partial charge in [0.2, 0.25) is 5.91 Å². The van der Waals surface area contributed by atoms with E-state index in [1.54, 1.807) is 13.8 Å². The molecule has 0 bridgehead atoms. The van der Waals surface area contributed by atoms with Crippen LogP contribution in [-0.2, 0) is 10.7 Å². The number of carbonyl (C=O) groups excluding carboxylic acids is 1. The lowest BCUT2D eigenvalue weighted by Crippen LogP contribution is -2.55. The molecule has 4 nitrogen and oxygen atoms in total. The molecular weight excluding hydrogens is 373 g/mol. The summed E-state index contributed by atoms with van der Waals surface area (Å²) in [4.78, 5) is 13.7. The van der Waals surface area contributed by atoms with Crippen molar-refractivity contribution in [2.45, 2.75) is 63.0 Å². The second kappa shape index (κ2) is 6.32. The monoisotopic (exact) mass is 393 g/mol. The van der Waals surface area contributed by atoms with Crippen molar-refractivity contribution in [1.29, 1.82) is 0 Å². The zero-order valence-electron chi connectivity index (χ0n) is 14.8. The molecule has 2 heterocycles. The number of aliphatic hydroxyl groups excluding tert-OH is 1. The molecule has 0 spiro atoms. The smallest absolute Gasteiger partial charge is 0.458 e. The summed E-state index contributed by atoms with van der Waals surface area (Å²) >= 11 is 0. The van der Waals surface area contributed by atoms with Crippen LogP contribution >= 0.6 is 0 Å². The normalized spacial score (nSPS) is 25.8. The highest BCUT2D eigenvalue weighted by atomic mass is 19.4. The van der Waals surface area contributed by atoms with Crippen LogP contribution in [-0.4, -0.2) is 40.3 Å². The van der Waals surface area contributed by atoms with E-state index < -0.39 is 35.4 Å². The molecule has 150 valence electrons. The minimum absolute atomic E-state index is 0.0431. The van der Waals surface area contributed by atoms with Crippen LogP contribution in [0.4, 0.5) is 22.0 Å². The third kappa shape index (κ3) is 3.26. The lowest BCUT2D eigenvalue weighted by molar-refractivity contribution is -0.289. The van der Waals surface area contributed by atoms with Crippen LogP contribution in [0.25, 0.3) is 0 Å². The number of halogens is 5. The van der Waals surface area contributed by atoms with Crippen molar-refractivity contribution < 1.29 is 36.6 Å². The lowest BCUT2D eigenvalue weighted by Gasteiger charge is -2.47. The maximum Gasteiger partial charge on any atom is 0.458 e. The average Bonchev–Trinajstić information content (AvgIpc) is 2.55. The minimum atomic E-state index is -5.76. The minimum Gasteiger partial charge on any atom is -0.485 e. The maximum absolute atomic E-state index is 13.8. The summed E-state index contributed by atoms with van der Waals surface area (Å²) in [7, 11) is 0. The van der Waals surface area contributed by atoms with Crippen molar-refractivity contribution in [1.82, 2.24) is 4.90 Å². The van der Waals surface area contributed by atoms with E-state index >= 15 is 0 Å². The van der Waals surface area contributed by atoms with Crippen LogP contribution in [0.5, 0.6) is 5.75 Å². The first kappa shape index (κ1) is 19.9. The van der Waals surface area contributed by atoms with Gasteiger partial charge in [0.1, 0.15) is 17.5 Å². The summed E-state index contributed by atoms with van der Waals surface area (Å²) in [6.45, 7) is 3.43. The summed E-state index contributed by atoms with van der Waals surface area (Å²) in [5.41, 5.74) is -2.44. The van der Waals surface area contributed by atoms with E-state index in [-0.39, 0.29) is 30.2 Å². The molecule has 0 saturated carbocycles. The zero-order valence-corrected chi connectivity index (χ0v) is 14.8. The third-order valence-electron chi connectivity index (χ3n) is 5.13. The van der Waals surface area contributed by atoms with Crippen molar-refractivity contribution in [2.75, 3.05) is 6.54 Å². The molecule has 1 fully saturated rings. The van der Waals surface area contributed by atoms with Crippen LogP contribution in [0.3, 0.4) is 0 Å². The molecule has 2 atom stereocenters. The van der Waals surface area contributed by atoms with Crippen molar-refractivity contribution in [3.8, 4) is 5.75 Å². The molecule has 1 saturated heterocycles. The Morgan fingerprint density at radius 3 is 2.44 bits per heavy atom. The van der Waals surface area contributed by atoms with E-state index in [1.807, 2.05) is 0 Å². The number of rotatable bonds is 2. The average molecular weight is 393 g/mol. The highest BCUT2D eigenvalue weighted by Gasteiger charge is 2.59. The highest BCUT2D eigenvalue weighted by Crippen LogP contribution is 2.49. The number of piperidine rings is 1. The molecule has 1 amide bonds. The Labute approximate surface area is 152 Å². The van der Waals surface area contributed by atoms with Crippen LogP contribution < -0.4 is 4.74 Å². The molecule has 2 aliphatic rings. The Kier molecular flexibility index (Phi) is 4.65. The number of amides is 1. The van der Waals surface area contributed by atoms with Crippen molar-refractivity contribution in [2.24, 2.45) is 0 Å². The van der Waals surface area contributed by atoms with Gasteiger partial charge in [0.15, 0.2) is 0 Å². The first-order valence-electron chi connectivity index (χ1n) is 8.62. The summed E-state index contributed by atoms with van der Waals surface area (Å²) in [6, 6.07) is 1.34. The number of hydrogen-bond donors (Lipinski definition) is 1. The standard InChI is InChI=1S/C18H20F5NO3/c1-16(2)15(26)14(24-8-4-3-5-13(24)25)11-9-10(6-7-12(11)27-16)17(19,20)18(21,22)23/h6-7,9,14-15,26H,3-5,8H2,1-2H3/t14-,15+/m1/s1. The van der Waals surface area contributed by atoms with E-state index in [0.717, 1.165) is 6.07 Å². The Bertz CT molecular complexity index is 747. The predicted octanol–water partition coefficient (Wildman–Crippen LogP) is 3.93. The SMILES string of the molecule is CC1(C)Oc2ccc(C(F)(F)C(F)(F)F)cc2[C@@H](N2CCCCC2=O)[C@@H]1O. The summed E-state index contributed by atoms with van der Waals surface area (Å²) in [5, 5.41) is 10.7. The van der Waals surface area contributed by atoms with E-state index in [4.69, 9.17) is 4.74 Å². The molecule has 3 rings (SSSR count). The van der Waals surface area contributed by atoms with Gasteiger partial charge >= 0.3 is 12.1 Å². The fraction of sp³-hybridized carbons (Fsp3) is 0.611. The molecule has 2 aliphatic heterocycles. The topological polar surface area (TPSA) is 49.8 Å². The third-order valence-corrected chi connectivity index (χ3v) is 5.13. The summed E-state index contributed by atoms with van der Waals surface area (Å²) < 4.78 is 71.6. The van der Waals surface area contributed by atoms with Gasteiger partial charge in [-0.2, -0.15) is 22.0 Å². The number of ether oxygens (including phenoxy) is 1. The molecule has 9 heteroatoms. The Hall–Kier alpha value is -1.90. The van der Waals surface area contributed by atoms with E-state index in [0.29, 0.717) is 25.0 Å². The van der Waals surface area contributed by atoms with Crippen LogP contribution in [0.2, 0.25) is 0 Å². The molecule has 27 heavy (non-hydrogen) atoms. The molecule has 0 aromatic heterocycles. The van der Waals surface area contributed by atoms with Gasteiger partial charge in [-0.3, -0.25) is 4.79 Å². The fourth-order valence-electron chi connectivity index (χ4n) is 3.58. The van der Waals surface area contributed by atoms with Gasteiger partial charge in [-0.15, -0.1) is 0 Å². The van der Waals surface area contributed by atoms with Gasteiger partial charge in [-0.05, 0) is 44.9 Å². The molecule has 0 radical (unpaired) electrons. The van der Waals surface area contributed by atoms with Gasteiger partial charge in [0.25, 0.3) is 0 Å². The largest absolute Gasteiger partial charge is 0.485 e. The van der Waals surface area contributed by atoms with Crippen molar-refractivity contribution in [3.05, 3.63) is 29.3 Å². The van der Waals surface area contributed by atoms with Crippen LogP contribution in [0, 0.1) is 0 Å². The van der Waals surface area contributed by atoms with Gasteiger partial charge in [0, 0.05) is 24.1 Å². The highest BCUT2D eigenvalue weighted by molar-refractivity contribution is 5.77. The number of hydrogen-bond acceptors (Lipinski definition) is 3. The Balaban J connectivity index is 2.13. The van der Waals surface area contributed by atoms with E-state index in [1.165, 1.54) is 4.90 Å². The van der Waals surface area contributed by atoms with Gasteiger partial charge in [-0.1, -0.05) is 0 Å². The molecule has 0 unspecified atom stereocenters. The second-order valence-corrected chi connectivity index (χ2v) is 7.46. The fourth-order valence-corrected chi connectivity index (χ4v) is 3.58. The molecule has 0 aliphatic carbocycles. The Morgan fingerprint density at radius 1 is 1.19 bits per heavy atom. The van der Waals surface area contributed by atoms with Crippen LogP contribution in [0.1, 0.15) is 50.3 Å². The summed E-state index contributed by atoms with van der Waals surface area (Å²) in [6.07, 6.45) is -5.49. The van der Waals surface area contributed by atoms with E-state index in [9.17, 15) is 31.9 Å².